The van der Waals surface area contributed by atoms with Crippen molar-refractivity contribution in [3.8, 4) is 5.75 Å². The Hall–Kier alpha value is -4.01. The van der Waals surface area contributed by atoms with Crippen LogP contribution in [0.4, 0.5) is 0 Å². The first-order valence-electron chi connectivity index (χ1n) is 12.7. The van der Waals surface area contributed by atoms with Gasteiger partial charge >= 0.3 is 0 Å². The molecule has 1 aliphatic rings. The number of primary amides is 1. The molecular weight excluding hydrogens is 480 g/mol. The molecule has 2 N–H and O–H groups in total. The number of benzene rings is 3. The third kappa shape index (κ3) is 4.68. The fourth-order valence-electron chi connectivity index (χ4n) is 5.16. The van der Waals surface area contributed by atoms with Crippen LogP contribution >= 0.6 is 0 Å². The molecule has 8 heteroatoms. The smallest absolute Gasteiger partial charge is 0.288 e. The minimum Gasteiger partial charge on any atom is -0.497 e. The standard InChI is InChI=1S/C30H32N4O4/c1-20-21(2)29(34-19-32-28(33-34)27(31)35)38-26(20)18-37-30(22-10-6-4-7-11-22,23-12-8-5-9-13-23)24-14-16-25(36-3)17-15-24/h4-17,19-21,26,29H,18H2,1-3H3,(H2,31,35)/t20?,21-,26+,29+/m0/s1. The zero-order valence-electron chi connectivity index (χ0n) is 21.7. The molecule has 4 atom stereocenters. The van der Waals surface area contributed by atoms with E-state index in [9.17, 15) is 4.79 Å². The highest BCUT2D eigenvalue weighted by Crippen LogP contribution is 2.44. The summed E-state index contributed by atoms with van der Waals surface area (Å²) in [5, 5.41) is 4.23. The molecule has 8 nitrogen and oxygen atoms in total. The van der Waals surface area contributed by atoms with E-state index < -0.39 is 11.5 Å². The predicted molar refractivity (Wildman–Crippen MR) is 142 cm³/mol. The molecule has 0 aliphatic carbocycles. The van der Waals surface area contributed by atoms with Gasteiger partial charge in [0.1, 0.15) is 17.7 Å². The third-order valence-corrected chi connectivity index (χ3v) is 7.49. The van der Waals surface area contributed by atoms with E-state index in [1.807, 2.05) is 60.7 Å². The van der Waals surface area contributed by atoms with Gasteiger partial charge < -0.3 is 19.9 Å². The maximum absolute atomic E-state index is 11.5. The van der Waals surface area contributed by atoms with Gasteiger partial charge in [-0.2, -0.15) is 0 Å². The van der Waals surface area contributed by atoms with Gasteiger partial charge in [0.2, 0.25) is 5.82 Å². The summed E-state index contributed by atoms with van der Waals surface area (Å²) in [4.78, 5) is 15.5. The number of carbonyl (C=O) groups excluding carboxylic acids is 1. The van der Waals surface area contributed by atoms with Crippen molar-refractivity contribution in [2.45, 2.75) is 31.8 Å². The normalized spacial score (nSPS) is 21.3. The number of hydrogen-bond donors (Lipinski definition) is 1. The Morgan fingerprint density at radius 2 is 1.50 bits per heavy atom. The van der Waals surface area contributed by atoms with Gasteiger partial charge in [0.25, 0.3) is 5.91 Å². The molecule has 4 aromatic rings. The summed E-state index contributed by atoms with van der Waals surface area (Å²) in [6, 6.07) is 28.4. The van der Waals surface area contributed by atoms with Crippen molar-refractivity contribution in [2.24, 2.45) is 17.6 Å². The van der Waals surface area contributed by atoms with Crippen molar-refractivity contribution in [2.75, 3.05) is 13.7 Å². The van der Waals surface area contributed by atoms with Crippen molar-refractivity contribution in [3.63, 3.8) is 0 Å². The lowest BCUT2D eigenvalue weighted by Gasteiger charge is -2.37. The van der Waals surface area contributed by atoms with Crippen LogP contribution < -0.4 is 10.5 Å². The maximum Gasteiger partial charge on any atom is 0.288 e. The Balaban J connectivity index is 1.51. The summed E-state index contributed by atoms with van der Waals surface area (Å²) in [5.74, 6) is 0.338. The average molecular weight is 513 g/mol. The number of ether oxygens (including phenoxy) is 3. The van der Waals surface area contributed by atoms with Crippen LogP contribution in [0.5, 0.6) is 5.75 Å². The number of methoxy groups -OCH3 is 1. The first kappa shape index (κ1) is 25.6. The summed E-state index contributed by atoms with van der Waals surface area (Å²) < 4.78 is 20.5. The van der Waals surface area contributed by atoms with Gasteiger partial charge in [0.05, 0.1) is 19.8 Å². The fourth-order valence-corrected chi connectivity index (χ4v) is 5.16. The number of rotatable bonds is 9. The highest BCUT2D eigenvalue weighted by atomic mass is 16.6. The van der Waals surface area contributed by atoms with Crippen LogP contribution in [-0.4, -0.2) is 40.5 Å². The maximum atomic E-state index is 11.5. The SMILES string of the molecule is COc1ccc(C(OC[C@H]2O[C@@H](n3cnc(C(N)=O)n3)[C@@H](C)C2C)(c2ccccc2)c2ccccc2)cc1. The lowest BCUT2D eigenvalue weighted by Crippen LogP contribution is -2.37. The Morgan fingerprint density at radius 3 is 2.03 bits per heavy atom. The number of amides is 1. The Kier molecular flexibility index (Phi) is 7.26. The predicted octanol–water partition coefficient (Wildman–Crippen LogP) is 4.56. The van der Waals surface area contributed by atoms with Crippen LogP contribution in [0.3, 0.4) is 0 Å². The molecule has 1 amide bonds. The van der Waals surface area contributed by atoms with Gasteiger partial charge in [-0.15, -0.1) is 5.10 Å². The highest BCUT2D eigenvalue weighted by Gasteiger charge is 2.44. The second kappa shape index (κ2) is 10.8. The Bertz CT molecular complexity index is 1320. The molecule has 1 saturated heterocycles. The Labute approximate surface area is 222 Å². The molecule has 0 radical (unpaired) electrons. The quantitative estimate of drug-likeness (QED) is 0.330. The third-order valence-electron chi connectivity index (χ3n) is 7.49. The highest BCUT2D eigenvalue weighted by molar-refractivity contribution is 5.88. The van der Waals surface area contributed by atoms with Crippen molar-refractivity contribution in [1.29, 1.82) is 0 Å². The van der Waals surface area contributed by atoms with Crippen molar-refractivity contribution in [1.82, 2.24) is 14.8 Å². The van der Waals surface area contributed by atoms with E-state index in [4.69, 9.17) is 19.9 Å². The molecule has 38 heavy (non-hydrogen) atoms. The monoisotopic (exact) mass is 512 g/mol. The molecular formula is C30H32N4O4. The van der Waals surface area contributed by atoms with Gasteiger partial charge in [-0.05, 0) is 34.7 Å². The average Bonchev–Trinajstić information content (AvgIpc) is 3.56. The molecule has 0 saturated carbocycles. The lowest BCUT2D eigenvalue weighted by molar-refractivity contribution is -0.0873. The molecule has 196 valence electrons. The van der Waals surface area contributed by atoms with Crippen LogP contribution in [0.25, 0.3) is 0 Å². The van der Waals surface area contributed by atoms with Gasteiger partial charge in [0.15, 0.2) is 6.23 Å². The molecule has 0 bridgehead atoms. The lowest BCUT2D eigenvalue weighted by atomic mass is 9.80. The summed E-state index contributed by atoms with van der Waals surface area (Å²) in [6.45, 7) is 4.58. The molecule has 1 aliphatic heterocycles. The second-order valence-corrected chi connectivity index (χ2v) is 9.65. The topological polar surface area (TPSA) is 101 Å². The first-order valence-corrected chi connectivity index (χ1v) is 12.7. The molecule has 1 fully saturated rings. The summed E-state index contributed by atoms with van der Waals surface area (Å²) in [7, 11) is 1.66. The molecule has 2 heterocycles. The summed E-state index contributed by atoms with van der Waals surface area (Å²) in [5.41, 5.74) is 7.46. The van der Waals surface area contributed by atoms with Crippen molar-refractivity contribution >= 4 is 5.91 Å². The number of nitrogens with two attached hydrogens (primary N) is 1. The first-order chi connectivity index (χ1) is 18.4. The zero-order valence-corrected chi connectivity index (χ0v) is 21.7. The van der Waals surface area contributed by atoms with Crippen LogP contribution in [0.15, 0.2) is 91.3 Å². The van der Waals surface area contributed by atoms with Crippen LogP contribution in [0.2, 0.25) is 0 Å². The molecule has 5 rings (SSSR count). The number of hydrogen-bond acceptors (Lipinski definition) is 6. The van der Waals surface area contributed by atoms with E-state index in [1.165, 1.54) is 6.33 Å². The van der Waals surface area contributed by atoms with E-state index in [0.29, 0.717) is 6.61 Å². The largest absolute Gasteiger partial charge is 0.497 e. The molecule has 3 aromatic carbocycles. The summed E-state index contributed by atoms with van der Waals surface area (Å²) in [6.07, 6.45) is 0.886. The van der Waals surface area contributed by atoms with Crippen LogP contribution in [-0.2, 0) is 15.1 Å². The number of carbonyl (C=O) groups is 1. The molecule has 1 aromatic heterocycles. The van der Waals surface area contributed by atoms with Crippen molar-refractivity contribution in [3.05, 3.63) is 114 Å². The fraction of sp³-hybridized carbons (Fsp3) is 0.300. The molecule has 0 spiro atoms. The van der Waals surface area contributed by atoms with Gasteiger partial charge in [-0.1, -0.05) is 86.6 Å². The second-order valence-electron chi connectivity index (χ2n) is 9.65. The van der Waals surface area contributed by atoms with E-state index in [0.717, 1.165) is 22.4 Å². The minimum absolute atomic E-state index is 0.0279. The van der Waals surface area contributed by atoms with Gasteiger partial charge in [-0.3, -0.25) is 4.79 Å². The molecule has 1 unspecified atom stereocenters. The number of nitrogens with zero attached hydrogens (tertiary/aromatic N) is 3. The number of aromatic nitrogens is 3. The van der Waals surface area contributed by atoms with E-state index in [-0.39, 0.29) is 30.0 Å². The van der Waals surface area contributed by atoms with E-state index in [1.54, 1.807) is 11.8 Å². The van der Waals surface area contributed by atoms with Crippen LogP contribution in [0, 0.1) is 11.8 Å². The minimum atomic E-state index is -0.883. The summed E-state index contributed by atoms with van der Waals surface area (Å²) >= 11 is 0. The van der Waals surface area contributed by atoms with E-state index >= 15 is 0 Å². The Morgan fingerprint density at radius 1 is 0.921 bits per heavy atom. The zero-order chi connectivity index (χ0) is 26.7. The van der Waals surface area contributed by atoms with Crippen LogP contribution in [0.1, 0.15) is 47.4 Å². The van der Waals surface area contributed by atoms with Gasteiger partial charge in [0, 0.05) is 5.92 Å². The van der Waals surface area contributed by atoms with Gasteiger partial charge in [-0.25, -0.2) is 9.67 Å². The van der Waals surface area contributed by atoms with Crippen molar-refractivity contribution < 1.29 is 19.0 Å². The van der Waals surface area contributed by atoms with E-state index in [2.05, 4.69) is 48.2 Å².